The fraction of sp³-hybridized carbons (Fsp3) is 0.300. The molecule has 26 heavy (non-hydrogen) atoms. The first-order valence-electron chi connectivity index (χ1n) is 8.41. The van der Waals surface area contributed by atoms with Crippen molar-refractivity contribution in [2.24, 2.45) is 5.92 Å². The Bertz CT molecular complexity index is 836. The minimum Gasteiger partial charge on any atom is -0.492 e. The largest absolute Gasteiger partial charge is 0.492 e. The smallest absolute Gasteiger partial charge is 0.313 e. The Hall–Kier alpha value is -2.53. The number of carbonyl (C=O) groups excluding carboxylic acids is 2. The molecule has 0 saturated heterocycles. The van der Waals surface area contributed by atoms with Crippen molar-refractivity contribution < 1.29 is 19.1 Å². The normalized spacial score (nSPS) is 16.8. The molecular weight excluding hydrogens is 354 g/mol. The number of hydrogen-bond donors (Lipinski definition) is 1. The van der Waals surface area contributed by atoms with E-state index in [0.29, 0.717) is 17.1 Å². The Balaban J connectivity index is 1.58. The first-order valence-corrected chi connectivity index (χ1v) is 8.79. The van der Waals surface area contributed by atoms with Crippen LogP contribution in [-0.2, 0) is 20.7 Å². The molecule has 1 aliphatic heterocycles. The average molecular weight is 374 g/mol. The van der Waals surface area contributed by atoms with E-state index in [0.717, 1.165) is 16.9 Å². The van der Waals surface area contributed by atoms with Gasteiger partial charge in [-0.15, -0.1) is 0 Å². The molecule has 0 saturated carbocycles. The number of ether oxygens (including phenoxy) is 2. The first-order chi connectivity index (χ1) is 12.4. The zero-order chi connectivity index (χ0) is 18.7. The number of hydrogen-bond acceptors (Lipinski definition) is 4. The fourth-order valence-corrected chi connectivity index (χ4v) is 3.00. The minimum atomic E-state index is -0.899. The van der Waals surface area contributed by atoms with Crippen LogP contribution >= 0.6 is 11.6 Å². The molecule has 1 N–H and O–H groups in total. The van der Waals surface area contributed by atoms with Gasteiger partial charge in [0.2, 0.25) is 0 Å². The summed E-state index contributed by atoms with van der Waals surface area (Å²) in [7, 11) is 0. The summed E-state index contributed by atoms with van der Waals surface area (Å²) in [6, 6.07) is 12.7. The van der Waals surface area contributed by atoms with Crippen molar-refractivity contribution in [1.82, 2.24) is 0 Å². The highest BCUT2D eigenvalue weighted by atomic mass is 35.5. The highest BCUT2D eigenvalue weighted by Gasteiger charge is 2.30. The van der Waals surface area contributed by atoms with Crippen molar-refractivity contribution in [2.45, 2.75) is 26.4 Å². The van der Waals surface area contributed by atoms with Gasteiger partial charge in [0.1, 0.15) is 12.4 Å². The summed E-state index contributed by atoms with van der Waals surface area (Å²) in [6.45, 7) is 3.71. The lowest BCUT2D eigenvalue weighted by Crippen LogP contribution is -2.36. The van der Waals surface area contributed by atoms with Gasteiger partial charge < -0.3 is 14.8 Å². The maximum Gasteiger partial charge on any atom is 0.313 e. The predicted octanol–water partition coefficient (Wildman–Crippen LogP) is 3.77. The standard InChI is InChI=1S/C20H20ClNO4/c1-12-4-3-5-17(8-12)22-19(23)13(2)26-20(24)15-9-14-10-16(21)6-7-18(14)25-11-15/h3-8,10,13,15H,9,11H2,1-2H3,(H,22,23)/t13-,15+/m0/s1. The maximum atomic E-state index is 12.4. The van der Waals surface area contributed by atoms with E-state index in [1.807, 2.05) is 25.1 Å². The second-order valence-corrected chi connectivity index (χ2v) is 6.84. The number of nitrogens with one attached hydrogen (secondary N) is 1. The molecule has 2 aromatic carbocycles. The fourth-order valence-electron chi connectivity index (χ4n) is 2.81. The molecule has 6 heteroatoms. The number of rotatable bonds is 4. The average Bonchev–Trinajstić information content (AvgIpc) is 2.60. The maximum absolute atomic E-state index is 12.4. The number of esters is 1. The number of carbonyl (C=O) groups is 2. The second-order valence-electron chi connectivity index (χ2n) is 6.40. The van der Waals surface area contributed by atoms with Crippen LogP contribution in [0.1, 0.15) is 18.1 Å². The summed E-state index contributed by atoms with van der Waals surface area (Å²) in [5.74, 6) is -0.564. The number of halogens is 1. The molecule has 1 amide bonds. The molecule has 3 rings (SSSR count). The van der Waals surface area contributed by atoms with Crippen molar-refractivity contribution >= 4 is 29.2 Å². The molecular formula is C20H20ClNO4. The molecule has 2 atom stereocenters. The van der Waals surface area contributed by atoms with Gasteiger partial charge in [-0.05, 0) is 61.7 Å². The molecule has 0 spiro atoms. The van der Waals surface area contributed by atoms with E-state index in [2.05, 4.69) is 5.32 Å². The topological polar surface area (TPSA) is 64.6 Å². The molecule has 0 fully saturated rings. The van der Waals surface area contributed by atoms with E-state index in [4.69, 9.17) is 21.1 Å². The molecule has 0 bridgehead atoms. The van der Waals surface area contributed by atoms with Gasteiger partial charge in [0.05, 0.1) is 5.92 Å². The molecule has 1 aliphatic rings. The third-order valence-electron chi connectivity index (χ3n) is 4.21. The number of amides is 1. The second kappa shape index (κ2) is 7.79. The van der Waals surface area contributed by atoms with Crippen LogP contribution in [0, 0.1) is 12.8 Å². The SMILES string of the molecule is Cc1cccc(NC(=O)[C@H](C)OC(=O)[C@H]2COc3ccc(Cl)cc3C2)c1. The van der Waals surface area contributed by atoms with E-state index < -0.39 is 18.0 Å². The highest BCUT2D eigenvalue weighted by molar-refractivity contribution is 6.30. The van der Waals surface area contributed by atoms with Crippen LogP contribution in [0.4, 0.5) is 5.69 Å². The first kappa shape index (κ1) is 18.3. The van der Waals surface area contributed by atoms with Gasteiger partial charge in [0.25, 0.3) is 5.91 Å². The molecule has 2 aromatic rings. The molecule has 0 aliphatic carbocycles. The lowest BCUT2D eigenvalue weighted by molar-refractivity contribution is -0.158. The highest BCUT2D eigenvalue weighted by Crippen LogP contribution is 2.30. The molecule has 0 unspecified atom stereocenters. The van der Waals surface area contributed by atoms with E-state index in [9.17, 15) is 9.59 Å². The van der Waals surface area contributed by atoms with Crippen molar-refractivity contribution in [3.8, 4) is 5.75 Å². The van der Waals surface area contributed by atoms with E-state index in [1.165, 1.54) is 0 Å². The third kappa shape index (κ3) is 4.35. The van der Waals surface area contributed by atoms with Gasteiger partial charge in [-0.2, -0.15) is 0 Å². The number of fused-ring (bicyclic) bond motifs is 1. The monoisotopic (exact) mass is 373 g/mol. The van der Waals surface area contributed by atoms with Crippen LogP contribution in [0.3, 0.4) is 0 Å². The summed E-state index contributed by atoms with van der Waals surface area (Å²) in [5, 5.41) is 3.34. The van der Waals surface area contributed by atoms with Crippen LogP contribution in [0.5, 0.6) is 5.75 Å². The third-order valence-corrected chi connectivity index (χ3v) is 4.45. The van der Waals surface area contributed by atoms with Crippen molar-refractivity contribution in [2.75, 3.05) is 11.9 Å². The number of anilines is 1. The molecule has 136 valence electrons. The van der Waals surface area contributed by atoms with Gasteiger partial charge in [-0.3, -0.25) is 9.59 Å². The number of benzene rings is 2. The Kier molecular flexibility index (Phi) is 5.47. The van der Waals surface area contributed by atoms with Crippen molar-refractivity contribution in [3.63, 3.8) is 0 Å². The quantitative estimate of drug-likeness (QED) is 0.828. The van der Waals surface area contributed by atoms with E-state index >= 15 is 0 Å². The molecule has 5 nitrogen and oxygen atoms in total. The van der Waals surface area contributed by atoms with E-state index in [-0.39, 0.29) is 12.5 Å². The molecule has 0 radical (unpaired) electrons. The van der Waals surface area contributed by atoms with Gasteiger partial charge >= 0.3 is 5.97 Å². The Morgan fingerprint density at radius 3 is 2.85 bits per heavy atom. The minimum absolute atomic E-state index is 0.222. The zero-order valence-corrected chi connectivity index (χ0v) is 15.4. The van der Waals surface area contributed by atoms with E-state index in [1.54, 1.807) is 31.2 Å². The number of aryl methyl sites for hydroxylation is 1. The molecule has 0 aromatic heterocycles. The summed E-state index contributed by atoms with van der Waals surface area (Å²) in [6.07, 6.45) is -0.426. The van der Waals surface area contributed by atoms with Gasteiger partial charge in [0, 0.05) is 10.7 Å². The van der Waals surface area contributed by atoms with Crippen LogP contribution in [-0.4, -0.2) is 24.6 Å². The lowest BCUT2D eigenvalue weighted by atomic mass is 9.97. The summed E-state index contributed by atoms with van der Waals surface area (Å²) >= 11 is 5.99. The van der Waals surface area contributed by atoms with Crippen molar-refractivity contribution in [3.05, 3.63) is 58.6 Å². The van der Waals surface area contributed by atoms with Gasteiger partial charge in [0.15, 0.2) is 6.10 Å². The summed E-state index contributed by atoms with van der Waals surface area (Å²) in [5.41, 5.74) is 2.56. The van der Waals surface area contributed by atoms with Crippen molar-refractivity contribution in [1.29, 1.82) is 0 Å². The van der Waals surface area contributed by atoms with Crippen LogP contribution in [0.15, 0.2) is 42.5 Å². The summed E-state index contributed by atoms with van der Waals surface area (Å²) in [4.78, 5) is 24.6. The van der Waals surface area contributed by atoms with Crippen LogP contribution < -0.4 is 10.1 Å². The van der Waals surface area contributed by atoms with Crippen LogP contribution in [0.2, 0.25) is 5.02 Å². The Labute approximate surface area is 157 Å². The predicted molar refractivity (Wildman–Crippen MR) is 99.5 cm³/mol. The van der Waals surface area contributed by atoms with Gasteiger partial charge in [-0.1, -0.05) is 23.7 Å². The summed E-state index contributed by atoms with van der Waals surface area (Å²) < 4.78 is 10.9. The lowest BCUT2D eigenvalue weighted by Gasteiger charge is -2.25. The van der Waals surface area contributed by atoms with Gasteiger partial charge in [-0.25, -0.2) is 0 Å². The Morgan fingerprint density at radius 2 is 2.08 bits per heavy atom. The van der Waals surface area contributed by atoms with Crippen LogP contribution in [0.25, 0.3) is 0 Å². The zero-order valence-electron chi connectivity index (χ0n) is 14.6. The Morgan fingerprint density at radius 1 is 1.27 bits per heavy atom. The molecule has 1 heterocycles.